The Hall–Kier alpha value is -2.79. The van der Waals surface area contributed by atoms with E-state index >= 15 is 0 Å². The third-order valence-electron chi connectivity index (χ3n) is 5.18. The number of hydrogen-bond acceptors (Lipinski definition) is 6. The van der Waals surface area contributed by atoms with Gasteiger partial charge in [-0.15, -0.1) is 0 Å². The van der Waals surface area contributed by atoms with Crippen molar-refractivity contribution in [2.24, 2.45) is 5.73 Å². The molecule has 0 aliphatic carbocycles. The van der Waals surface area contributed by atoms with E-state index in [1.54, 1.807) is 43.3 Å². The number of primary amides is 1. The first-order valence-electron chi connectivity index (χ1n) is 9.69. The van der Waals surface area contributed by atoms with Gasteiger partial charge in [-0.2, -0.15) is 5.26 Å². The number of halogens is 1. The summed E-state index contributed by atoms with van der Waals surface area (Å²) in [5, 5.41) is 20.4. The summed E-state index contributed by atoms with van der Waals surface area (Å²) in [6.45, 7) is 5.21. The highest BCUT2D eigenvalue weighted by Crippen LogP contribution is 2.31. The number of nitriles is 1. The normalized spacial score (nSPS) is 16.5. The van der Waals surface area contributed by atoms with E-state index in [1.165, 1.54) is 0 Å². The van der Waals surface area contributed by atoms with Crippen molar-refractivity contribution in [2.45, 2.75) is 12.5 Å². The fourth-order valence-electron chi connectivity index (χ4n) is 3.57. The molecule has 158 valence electrons. The summed E-state index contributed by atoms with van der Waals surface area (Å²) < 4.78 is 5.29. The highest BCUT2D eigenvalue weighted by atomic mass is 35.5. The quantitative estimate of drug-likeness (QED) is 0.700. The largest absolute Gasteiger partial charge is 0.484 e. The molecule has 1 aliphatic rings. The Balaban J connectivity index is 1.57. The maximum atomic E-state index is 10.9. The predicted molar refractivity (Wildman–Crippen MR) is 116 cm³/mol. The van der Waals surface area contributed by atoms with Crippen LogP contribution in [0.3, 0.4) is 0 Å². The summed E-state index contributed by atoms with van der Waals surface area (Å²) in [4.78, 5) is 15.2. The van der Waals surface area contributed by atoms with Gasteiger partial charge in [0.2, 0.25) is 0 Å². The summed E-state index contributed by atoms with van der Waals surface area (Å²) in [5.41, 5.74) is 6.35. The number of β-amino-alcohol motifs (C(OH)–C–C–N with tert-alkyl or cyclic N) is 1. The number of nitrogens with zero attached hydrogens (tertiary/aromatic N) is 3. The van der Waals surface area contributed by atoms with Crippen LogP contribution in [0.1, 0.15) is 18.1 Å². The molecular weight excluding hydrogens is 404 g/mol. The topological polar surface area (TPSA) is 103 Å². The maximum absolute atomic E-state index is 10.9. The van der Waals surface area contributed by atoms with E-state index in [0.29, 0.717) is 22.9 Å². The van der Waals surface area contributed by atoms with Crippen LogP contribution in [-0.4, -0.2) is 55.2 Å². The second-order valence-corrected chi connectivity index (χ2v) is 8.00. The van der Waals surface area contributed by atoms with Crippen molar-refractivity contribution in [1.29, 1.82) is 5.26 Å². The number of piperazine rings is 1. The Morgan fingerprint density at radius 1 is 1.23 bits per heavy atom. The Morgan fingerprint density at radius 3 is 2.47 bits per heavy atom. The average molecular weight is 429 g/mol. The zero-order chi connectivity index (χ0) is 21.7. The van der Waals surface area contributed by atoms with E-state index < -0.39 is 11.5 Å². The number of aliphatic hydroxyl groups is 1. The monoisotopic (exact) mass is 428 g/mol. The van der Waals surface area contributed by atoms with Gasteiger partial charge in [0.25, 0.3) is 5.91 Å². The second kappa shape index (κ2) is 9.35. The van der Waals surface area contributed by atoms with Crippen LogP contribution in [0, 0.1) is 11.3 Å². The van der Waals surface area contributed by atoms with Crippen molar-refractivity contribution in [1.82, 2.24) is 4.90 Å². The molecule has 0 aromatic heterocycles. The Bertz CT molecular complexity index is 932. The van der Waals surface area contributed by atoms with Crippen molar-refractivity contribution in [3.8, 4) is 11.8 Å². The van der Waals surface area contributed by atoms with E-state index in [0.717, 1.165) is 37.4 Å². The Morgan fingerprint density at radius 2 is 1.90 bits per heavy atom. The molecule has 0 unspecified atom stereocenters. The Labute approximate surface area is 181 Å². The number of benzene rings is 2. The fourth-order valence-corrected chi connectivity index (χ4v) is 3.86. The lowest BCUT2D eigenvalue weighted by Gasteiger charge is -2.39. The number of nitrogens with two attached hydrogens (primary N) is 1. The molecular formula is C22H25ClN4O3. The van der Waals surface area contributed by atoms with Crippen molar-refractivity contribution in [3.05, 3.63) is 58.6 Å². The van der Waals surface area contributed by atoms with Crippen LogP contribution < -0.4 is 15.4 Å². The summed E-state index contributed by atoms with van der Waals surface area (Å²) in [6.07, 6.45) is 0. The molecule has 2 aromatic rings. The van der Waals surface area contributed by atoms with Gasteiger partial charge in [0.05, 0.1) is 27.9 Å². The second-order valence-electron chi connectivity index (χ2n) is 7.59. The van der Waals surface area contributed by atoms with Gasteiger partial charge in [0.15, 0.2) is 6.61 Å². The molecule has 7 nitrogen and oxygen atoms in total. The van der Waals surface area contributed by atoms with Crippen molar-refractivity contribution in [3.63, 3.8) is 0 Å². The third kappa shape index (κ3) is 5.42. The lowest BCUT2D eigenvalue weighted by molar-refractivity contribution is -0.119. The van der Waals surface area contributed by atoms with Crippen LogP contribution in [0.4, 0.5) is 5.69 Å². The highest BCUT2D eigenvalue weighted by Gasteiger charge is 2.28. The summed E-state index contributed by atoms with van der Waals surface area (Å²) in [5.74, 6) is -0.0390. The summed E-state index contributed by atoms with van der Waals surface area (Å²) >= 11 is 6.41. The number of rotatable bonds is 7. The third-order valence-corrected chi connectivity index (χ3v) is 5.48. The van der Waals surface area contributed by atoms with Gasteiger partial charge in [0, 0.05) is 38.8 Å². The molecule has 0 spiro atoms. The van der Waals surface area contributed by atoms with E-state index in [1.807, 2.05) is 6.07 Å². The molecule has 0 saturated carbocycles. The van der Waals surface area contributed by atoms with Gasteiger partial charge >= 0.3 is 0 Å². The number of carbonyl (C=O) groups excluding carboxylic acids is 1. The molecule has 8 heteroatoms. The van der Waals surface area contributed by atoms with Crippen LogP contribution in [0.25, 0.3) is 0 Å². The van der Waals surface area contributed by atoms with Gasteiger partial charge in [-0.1, -0.05) is 23.7 Å². The molecule has 1 aliphatic heterocycles. The number of carbonyl (C=O) groups is 1. The van der Waals surface area contributed by atoms with Crippen LogP contribution in [0.15, 0.2) is 42.5 Å². The minimum absolute atomic E-state index is 0.187. The number of ether oxygens (including phenoxy) is 1. The Kier molecular flexibility index (Phi) is 6.83. The van der Waals surface area contributed by atoms with E-state index in [2.05, 4.69) is 15.9 Å². The van der Waals surface area contributed by atoms with Crippen LogP contribution in [0.5, 0.6) is 5.75 Å². The lowest BCUT2D eigenvalue weighted by Crippen LogP contribution is -2.50. The molecule has 1 fully saturated rings. The zero-order valence-corrected chi connectivity index (χ0v) is 17.6. The van der Waals surface area contributed by atoms with Crippen molar-refractivity contribution < 1.29 is 14.6 Å². The smallest absolute Gasteiger partial charge is 0.255 e. The first-order chi connectivity index (χ1) is 14.3. The predicted octanol–water partition coefficient (Wildman–Crippen LogP) is 2.11. The minimum atomic E-state index is -1.01. The van der Waals surface area contributed by atoms with Crippen LogP contribution in [0.2, 0.25) is 5.02 Å². The molecule has 0 radical (unpaired) electrons. The molecule has 3 rings (SSSR count). The molecule has 3 N–H and O–H groups in total. The van der Waals surface area contributed by atoms with E-state index in [4.69, 9.17) is 27.3 Å². The summed E-state index contributed by atoms with van der Waals surface area (Å²) in [6, 6.07) is 14.5. The molecule has 1 saturated heterocycles. The van der Waals surface area contributed by atoms with E-state index in [9.17, 15) is 9.90 Å². The van der Waals surface area contributed by atoms with Gasteiger partial charge in [-0.05, 0) is 36.8 Å². The summed E-state index contributed by atoms with van der Waals surface area (Å²) in [7, 11) is 0. The van der Waals surface area contributed by atoms with Crippen molar-refractivity contribution in [2.75, 3.05) is 44.2 Å². The number of hydrogen-bond donors (Lipinski definition) is 2. The standard InChI is InChI=1S/C22H25ClN4O3/c1-22(29,17-4-2-16(13-24)3-5-17)15-26-8-10-27(11-9-26)20-7-6-18(12-19(20)23)30-14-21(25)28/h2-7,12,29H,8-11,14-15H2,1H3,(H2,25,28)/t22-/m1/s1. The first-order valence-corrected chi connectivity index (χ1v) is 10.1. The number of anilines is 1. The maximum Gasteiger partial charge on any atom is 0.255 e. The minimum Gasteiger partial charge on any atom is -0.484 e. The molecule has 1 amide bonds. The van der Waals surface area contributed by atoms with Gasteiger partial charge in [0.1, 0.15) is 5.75 Å². The number of amides is 1. The van der Waals surface area contributed by atoms with Gasteiger partial charge in [-0.3, -0.25) is 9.69 Å². The van der Waals surface area contributed by atoms with Gasteiger partial charge < -0.3 is 20.5 Å². The van der Waals surface area contributed by atoms with Crippen LogP contribution >= 0.6 is 11.6 Å². The fraction of sp³-hybridized carbons (Fsp3) is 0.364. The molecule has 1 heterocycles. The zero-order valence-electron chi connectivity index (χ0n) is 16.8. The average Bonchev–Trinajstić information content (AvgIpc) is 2.73. The van der Waals surface area contributed by atoms with Crippen molar-refractivity contribution >= 4 is 23.2 Å². The SMILES string of the molecule is C[C@@](O)(CN1CCN(c2ccc(OCC(N)=O)cc2Cl)CC1)c1ccc(C#N)cc1. The van der Waals surface area contributed by atoms with Gasteiger partial charge in [-0.25, -0.2) is 0 Å². The van der Waals surface area contributed by atoms with E-state index in [-0.39, 0.29) is 6.61 Å². The lowest BCUT2D eigenvalue weighted by atomic mass is 9.94. The molecule has 1 atom stereocenters. The molecule has 2 aromatic carbocycles. The first kappa shape index (κ1) is 21.9. The molecule has 0 bridgehead atoms. The highest BCUT2D eigenvalue weighted by molar-refractivity contribution is 6.33. The molecule has 30 heavy (non-hydrogen) atoms. The van der Waals surface area contributed by atoms with Crippen LogP contribution in [-0.2, 0) is 10.4 Å².